The molecule has 3 aromatic rings. The van der Waals surface area contributed by atoms with E-state index in [-0.39, 0.29) is 5.91 Å². The highest BCUT2D eigenvalue weighted by molar-refractivity contribution is 9.10. The van der Waals surface area contributed by atoms with Crippen LogP contribution in [0.3, 0.4) is 0 Å². The van der Waals surface area contributed by atoms with E-state index in [9.17, 15) is 4.79 Å². The first-order valence-corrected chi connectivity index (χ1v) is 7.85. The maximum atomic E-state index is 12.0. The molecule has 0 saturated carbocycles. The largest absolute Gasteiger partial charge is 0.350 e. The van der Waals surface area contributed by atoms with Gasteiger partial charge in [0.2, 0.25) is 5.91 Å². The fraction of sp³-hybridized carbons (Fsp3) is 0.176. The summed E-state index contributed by atoms with van der Waals surface area (Å²) in [4.78, 5) is 16.5. The van der Waals surface area contributed by atoms with Gasteiger partial charge in [-0.15, -0.1) is 0 Å². The fourth-order valence-corrected chi connectivity index (χ4v) is 2.96. The van der Waals surface area contributed by atoms with Gasteiger partial charge in [-0.1, -0.05) is 30.3 Å². The maximum Gasteiger partial charge on any atom is 0.224 e. The molecule has 0 atom stereocenters. The SMILES string of the molecule is Cc1cc(Br)cn2cc(CNC(=O)Cc3ccccc3)nc12. The van der Waals surface area contributed by atoms with Crippen LogP contribution in [0.4, 0.5) is 0 Å². The second kappa shape index (κ2) is 6.32. The van der Waals surface area contributed by atoms with Gasteiger partial charge in [0.05, 0.1) is 18.7 Å². The number of halogens is 1. The molecule has 0 spiro atoms. The van der Waals surface area contributed by atoms with Crippen LogP contribution in [0.25, 0.3) is 5.65 Å². The molecule has 0 aliphatic rings. The van der Waals surface area contributed by atoms with E-state index < -0.39 is 0 Å². The van der Waals surface area contributed by atoms with Gasteiger partial charge in [-0.25, -0.2) is 4.98 Å². The van der Waals surface area contributed by atoms with Crippen LogP contribution in [-0.2, 0) is 17.8 Å². The summed E-state index contributed by atoms with van der Waals surface area (Å²) in [5.74, 6) is 0.00107. The number of amides is 1. The summed E-state index contributed by atoms with van der Waals surface area (Å²) >= 11 is 3.47. The van der Waals surface area contributed by atoms with E-state index in [1.54, 1.807) is 0 Å². The topological polar surface area (TPSA) is 46.4 Å². The molecule has 0 aliphatic carbocycles. The average molecular weight is 358 g/mol. The summed E-state index contributed by atoms with van der Waals surface area (Å²) in [6.07, 6.45) is 4.29. The number of aryl methyl sites for hydroxylation is 1. The van der Waals surface area contributed by atoms with Crippen molar-refractivity contribution < 1.29 is 4.79 Å². The number of hydrogen-bond acceptors (Lipinski definition) is 2. The normalized spacial score (nSPS) is 10.8. The molecule has 1 N–H and O–H groups in total. The van der Waals surface area contributed by atoms with Gasteiger partial charge in [0.25, 0.3) is 0 Å². The number of carbonyl (C=O) groups is 1. The van der Waals surface area contributed by atoms with Crippen molar-refractivity contribution in [1.82, 2.24) is 14.7 Å². The first kappa shape index (κ1) is 14.8. The Balaban J connectivity index is 1.66. The van der Waals surface area contributed by atoms with Crippen molar-refractivity contribution in [2.45, 2.75) is 19.9 Å². The highest BCUT2D eigenvalue weighted by Crippen LogP contribution is 2.17. The Labute approximate surface area is 137 Å². The van der Waals surface area contributed by atoms with Crippen LogP contribution in [0.5, 0.6) is 0 Å². The van der Waals surface area contributed by atoms with E-state index in [1.165, 1.54) is 0 Å². The monoisotopic (exact) mass is 357 g/mol. The number of benzene rings is 1. The van der Waals surface area contributed by atoms with Crippen molar-refractivity contribution in [3.05, 3.63) is 70.1 Å². The molecule has 112 valence electrons. The molecule has 0 saturated heterocycles. The molecule has 3 rings (SSSR count). The van der Waals surface area contributed by atoms with Gasteiger partial charge in [-0.3, -0.25) is 4.79 Å². The van der Waals surface area contributed by atoms with E-state index in [0.717, 1.165) is 26.9 Å². The number of rotatable bonds is 4. The third-order valence-electron chi connectivity index (χ3n) is 3.43. The molecule has 2 aromatic heterocycles. The third kappa shape index (κ3) is 3.36. The lowest BCUT2D eigenvalue weighted by Gasteiger charge is -2.03. The Morgan fingerprint density at radius 2 is 2.05 bits per heavy atom. The molecule has 0 radical (unpaired) electrons. The molecule has 2 heterocycles. The smallest absolute Gasteiger partial charge is 0.224 e. The van der Waals surface area contributed by atoms with E-state index >= 15 is 0 Å². The van der Waals surface area contributed by atoms with Gasteiger partial charge < -0.3 is 9.72 Å². The first-order chi connectivity index (χ1) is 10.6. The predicted octanol–water partition coefficient (Wildman–Crippen LogP) is 3.26. The van der Waals surface area contributed by atoms with E-state index in [0.29, 0.717) is 13.0 Å². The second-order valence-corrected chi connectivity index (χ2v) is 6.16. The average Bonchev–Trinajstić information content (AvgIpc) is 2.89. The van der Waals surface area contributed by atoms with E-state index in [4.69, 9.17) is 0 Å². The van der Waals surface area contributed by atoms with Crippen LogP contribution in [0.15, 0.2) is 53.3 Å². The zero-order valence-corrected chi connectivity index (χ0v) is 13.8. The fourth-order valence-electron chi connectivity index (χ4n) is 2.39. The molecule has 4 nitrogen and oxygen atoms in total. The minimum absolute atomic E-state index is 0.00107. The van der Waals surface area contributed by atoms with Crippen molar-refractivity contribution >= 4 is 27.5 Å². The standard InChI is InChI=1S/C17H16BrN3O/c1-12-7-14(18)10-21-11-15(20-17(12)21)9-19-16(22)8-13-5-3-2-4-6-13/h2-7,10-11H,8-9H2,1H3,(H,19,22). The minimum atomic E-state index is 0.00107. The summed E-state index contributed by atoms with van der Waals surface area (Å²) in [7, 11) is 0. The lowest BCUT2D eigenvalue weighted by atomic mass is 10.1. The van der Waals surface area contributed by atoms with Gasteiger partial charge >= 0.3 is 0 Å². The number of aromatic nitrogens is 2. The Morgan fingerprint density at radius 1 is 1.27 bits per heavy atom. The van der Waals surface area contributed by atoms with Crippen molar-refractivity contribution in [2.24, 2.45) is 0 Å². The lowest BCUT2D eigenvalue weighted by molar-refractivity contribution is -0.120. The number of imidazole rings is 1. The number of nitrogens with zero attached hydrogens (tertiary/aromatic N) is 2. The quantitative estimate of drug-likeness (QED) is 0.778. The Hall–Kier alpha value is -2.14. The van der Waals surface area contributed by atoms with Crippen LogP contribution in [-0.4, -0.2) is 15.3 Å². The van der Waals surface area contributed by atoms with E-state index in [1.807, 2.05) is 60.1 Å². The number of fused-ring (bicyclic) bond motifs is 1. The number of carbonyl (C=O) groups excluding carboxylic acids is 1. The van der Waals surface area contributed by atoms with E-state index in [2.05, 4.69) is 26.2 Å². The van der Waals surface area contributed by atoms with Gasteiger partial charge in [0, 0.05) is 16.9 Å². The zero-order valence-electron chi connectivity index (χ0n) is 12.2. The Kier molecular flexibility index (Phi) is 4.24. The molecule has 0 aliphatic heterocycles. The summed E-state index contributed by atoms with van der Waals surface area (Å²) in [5, 5.41) is 2.92. The molecule has 5 heteroatoms. The second-order valence-electron chi connectivity index (χ2n) is 5.24. The number of hydrogen-bond donors (Lipinski definition) is 1. The van der Waals surface area contributed by atoms with Crippen LogP contribution >= 0.6 is 15.9 Å². The molecule has 1 amide bonds. The van der Waals surface area contributed by atoms with Crippen LogP contribution in [0, 0.1) is 6.92 Å². The number of nitrogens with one attached hydrogen (secondary N) is 1. The minimum Gasteiger partial charge on any atom is -0.350 e. The van der Waals surface area contributed by atoms with Crippen LogP contribution < -0.4 is 5.32 Å². The third-order valence-corrected chi connectivity index (χ3v) is 3.86. The van der Waals surface area contributed by atoms with Crippen molar-refractivity contribution in [1.29, 1.82) is 0 Å². The molecule has 0 fully saturated rings. The summed E-state index contributed by atoms with van der Waals surface area (Å²) in [5.41, 5.74) is 3.86. The first-order valence-electron chi connectivity index (χ1n) is 7.06. The molecular weight excluding hydrogens is 342 g/mol. The van der Waals surface area contributed by atoms with Gasteiger partial charge in [0.1, 0.15) is 5.65 Å². The summed E-state index contributed by atoms with van der Waals surface area (Å²) in [6, 6.07) is 11.7. The molecule has 0 bridgehead atoms. The lowest BCUT2D eigenvalue weighted by Crippen LogP contribution is -2.24. The van der Waals surface area contributed by atoms with Gasteiger partial charge in [0.15, 0.2) is 0 Å². The molecule has 1 aromatic carbocycles. The highest BCUT2D eigenvalue weighted by Gasteiger charge is 2.07. The van der Waals surface area contributed by atoms with Gasteiger partial charge in [-0.2, -0.15) is 0 Å². The summed E-state index contributed by atoms with van der Waals surface area (Å²) in [6.45, 7) is 2.45. The Morgan fingerprint density at radius 3 is 2.82 bits per heavy atom. The maximum absolute atomic E-state index is 12.0. The zero-order chi connectivity index (χ0) is 15.5. The van der Waals surface area contributed by atoms with Crippen molar-refractivity contribution in [3.63, 3.8) is 0 Å². The van der Waals surface area contributed by atoms with Crippen LogP contribution in [0.1, 0.15) is 16.8 Å². The molecule has 0 unspecified atom stereocenters. The molecular formula is C17H16BrN3O. The number of pyridine rings is 1. The highest BCUT2D eigenvalue weighted by atomic mass is 79.9. The molecule has 22 heavy (non-hydrogen) atoms. The van der Waals surface area contributed by atoms with Crippen molar-refractivity contribution in [3.8, 4) is 0 Å². The van der Waals surface area contributed by atoms with Crippen molar-refractivity contribution in [2.75, 3.05) is 0 Å². The predicted molar refractivity (Wildman–Crippen MR) is 89.6 cm³/mol. The Bertz CT molecular complexity index is 811. The van der Waals surface area contributed by atoms with Gasteiger partial charge in [-0.05, 0) is 40.0 Å². The van der Waals surface area contributed by atoms with Crippen LogP contribution in [0.2, 0.25) is 0 Å². The summed E-state index contributed by atoms with van der Waals surface area (Å²) < 4.78 is 2.98.